The van der Waals surface area contributed by atoms with Crippen molar-refractivity contribution in [3.05, 3.63) is 66.0 Å². The van der Waals surface area contributed by atoms with Gasteiger partial charge < -0.3 is 9.67 Å². The molecule has 0 saturated heterocycles. The number of aliphatic hydroxyl groups is 1. The molecule has 0 fully saturated rings. The van der Waals surface area contributed by atoms with Crippen LogP contribution in [0.15, 0.2) is 48.8 Å². The van der Waals surface area contributed by atoms with Crippen molar-refractivity contribution in [3.8, 4) is 0 Å². The van der Waals surface area contributed by atoms with Crippen molar-refractivity contribution in [2.75, 3.05) is 0 Å². The molecular weight excluding hydrogens is 262 g/mol. The van der Waals surface area contributed by atoms with Crippen LogP contribution in [-0.4, -0.2) is 14.7 Å². The predicted molar refractivity (Wildman–Crippen MR) is 71.1 cm³/mol. The number of hydrogen-bond donors (Lipinski definition) is 1. The summed E-state index contributed by atoms with van der Waals surface area (Å²) in [5.74, 6) is -1.50. The molecule has 0 amide bonds. The molecule has 0 radical (unpaired) electrons. The molecule has 0 aliphatic heterocycles. The fourth-order valence-corrected chi connectivity index (χ4v) is 2.26. The largest absolute Gasteiger partial charge is 0.386 e. The van der Waals surface area contributed by atoms with Crippen LogP contribution in [0.1, 0.15) is 11.7 Å². The van der Waals surface area contributed by atoms with Crippen LogP contribution in [0.4, 0.5) is 8.78 Å². The van der Waals surface area contributed by atoms with Crippen LogP contribution in [0.2, 0.25) is 0 Å². The van der Waals surface area contributed by atoms with Crippen LogP contribution in [0.5, 0.6) is 0 Å². The zero-order chi connectivity index (χ0) is 14.1. The summed E-state index contributed by atoms with van der Waals surface area (Å²) in [6, 6.07) is 10.9. The maximum absolute atomic E-state index is 13.6. The summed E-state index contributed by atoms with van der Waals surface area (Å²) in [5.41, 5.74) is 1.27. The molecule has 2 aromatic carbocycles. The number of benzene rings is 2. The van der Waals surface area contributed by atoms with Gasteiger partial charge in [0.1, 0.15) is 17.7 Å². The Hall–Kier alpha value is -2.27. The number of rotatable bonds is 3. The van der Waals surface area contributed by atoms with Gasteiger partial charge in [-0.15, -0.1) is 0 Å². The van der Waals surface area contributed by atoms with Gasteiger partial charge in [-0.3, -0.25) is 0 Å². The molecule has 1 N–H and O–H groups in total. The molecule has 20 heavy (non-hydrogen) atoms. The molecule has 102 valence electrons. The first-order chi connectivity index (χ1) is 9.66. The minimum atomic E-state index is -1.27. The summed E-state index contributed by atoms with van der Waals surface area (Å²) in [6.07, 6.45) is 0.279. The van der Waals surface area contributed by atoms with E-state index in [0.717, 1.165) is 23.2 Å². The number of aliphatic hydroxyl groups excluding tert-OH is 1. The predicted octanol–water partition coefficient (Wildman–Crippen LogP) is 3.05. The summed E-state index contributed by atoms with van der Waals surface area (Å²) < 4.78 is 28.9. The highest BCUT2D eigenvalue weighted by Gasteiger charge is 2.18. The van der Waals surface area contributed by atoms with Crippen LogP contribution >= 0.6 is 0 Å². The molecule has 0 bridgehead atoms. The molecule has 1 aromatic heterocycles. The summed E-state index contributed by atoms with van der Waals surface area (Å²) in [6.45, 7) is 0.0400. The Morgan fingerprint density at radius 2 is 1.75 bits per heavy atom. The highest BCUT2D eigenvalue weighted by atomic mass is 19.1. The first kappa shape index (κ1) is 12.7. The molecule has 3 rings (SSSR count). The minimum Gasteiger partial charge on any atom is -0.386 e. The van der Waals surface area contributed by atoms with Gasteiger partial charge in [0.05, 0.1) is 29.5 Å². The van der Waals surface area contributed by atoms with Crippen molar-refractivity contribution in [2.45, 2.75) is 12.6 Å². The van der Waals surface area contributed by atoms with Gasteiger partial charge in [0.2, 0.25) is 0 Å². The zero-order valence-electron chi connectivity index (χ0n) is 10.5. The second-order valence-corrected chi connectivity index (χ2v) is 4.54. The van der Waals surface area contributed by atoms with Crippen LogP contribution in [-0.2, 0) is 6.54 Å². The lowest BCUT2D eigenvalue weighted by Crippen LogP contribution is -2.11. The third-order valence-corrected chi connectivity index (χ3v) is 3.23. The van der Waals surface area contributed by atoms with Crippen LogP contribution in [0, 0.1) is 11.6 Å². The number of nitrogens with zero attached hydrogens (tertiary/aromatic N) is 2. The molecular formula is C15H12F2N2O. The fraction of sp³-hybridized carbons (Fsp3) is 0.133. The van der Waals surface area contributed by atoms with E-state index in [0.29, 0.717) is 0 Å². The maximum atomic E-state index is 13.6. The van der Waals surface area contributed by atoms with Gasteiger partial charge in [0.25, 0.3) is 0 Å². The number of fused-ring (bicyclic) bond motifs is 1. The molecule has 0 spiro atoms. The Labute approximate surface area is 114 Å². The van der Waals surface area contributed by atoms with E-state index in [1.54, 1.807) is 10.9 Å². The second-order valence-electron chi connectivity index (χ2n) is 4.54. The number of imidazole rings is 1. The summed E-state index contributed by atoms with van der Waals surface area (Å²) in [7, 11) is 0. The van der Waals surface area contributed by atoms with E-state index in [1.165, 1.54) is 6.07 Å². The van der Waals surface area contributed by atoms with E-state index < -0.39 is 17.7 Å². The van der Waals surface area contributed by atoms with Gasteiger partial charge >= 0.3 is 0 Å². The van der Waals surface area contributed by atoms with Crippen LogP contribution in [0.3, 0.4) is 0 Å². The summed E-state index contributed by atoms with van der Waals surface area (Å²) in [4.78, 5) is 4.17. The lowest BCUT2D eigenvalue weighted by molar-refractivity contribution is 0.148. The highest BCUT2D eigenvalue weighted by molar-refractivity contribution is 5.74. The quantitative estimate of drug-likeness (QED) is 0.797. The van der Waals surface area contributed by atoms with E-state index in [4.69, 9.17) is 0 Å². The summed E-state index contributed by atoms with van der Waals surface area (Å²) in [5, 5.41) is 10.1. The molecule has 3 aromatic rings. The molecule has 0 aliphatic carbocycles. The van der Waals surface area contributed by atoms with Crippen molar-refractivity contribution in [1.29, 1.82) is 0 Å². The topological polar surface area (TPSA) is 38.0 Å². The van der Waals surface area contributed by atoms with Crippen molar-refractivity contribution >= 4 is 11.0 Å². The first-order valence-electron chi connectivity index (χ1n) is 6.18. The highest BCUT2D eigenvalue weighted by Crippen LogP contribution is 2.23. The van der Waals surface area contributed by atoms with E-state index >= 15 is 0 Å². The smallest absolute Gasteiger partial charge is 0.132 e. The fourth-order valence-electron chi connectivity index (χ4n) is 2.26. The Bertz CT molecular complexity index is 734. The van der Waals surface area contributed by atoms with Crippen LogP contribution < -0.4 is 0 Å². The molecule has 0 aliphatic rings. The Morgan fingerprint density at radius 1 is 1.05 bits per heavy atom. The minimum absolute atomic E-state index is 0.0400. The average molecular weight is 274 g/mol. The van der Waals surface area contributed by atoms with Gasteiger partial charge in [0.15, 0.2) is 0 Å². The van der Waals surface area contributed by atoms with E-state index in [9.17, 15) is 13.9 Å². The number of aromatic nitrogens is 2. The second kappa shape index (κ2) is 5.02. The van der Waals surface area contributed by atoms with E-state index in [-0.39, 0.29) is 12.1 Å². The number of para-hydroxylation sites is 2. The van der Waals surface area contributed by atoms with Crippen molar-refractivity contribution in [1.82, 2.24) is 9.55 Å². The molecule has 1 unspecified atom stereocenters. The van der Waals surface area contributed by atoms with Gasteiger partial charge in [-0.2, -0.15) is 0 Å². The molecule has 0 saturated carbocycles. The molecule has 3 nitrogen and oxygen atoms in total. The normalized spacial score (nSPS) is 12.8. The van der Waals surface area contributed by atoms with Crippen molar-refractivity contribution in [2.24, 2.45) is 0 Å². The molecule has 5 heteroatoms. The third kappa shape index (κ3) is 2.16. The Morgan fingerprint density at radius 3 is 2.50 bits per heavy atom. The Balaban J connectivity index is 1.95. The monoisotopic (exact) mass is 274 g/mol. The first-order valence-corrected chi connectivity index (χ1v) is 6.18. The lowest BCUT2D eigenvalue weighted by atomic mass is 10.1. The van der Waals surface area contributed by atoms with Crippen LogP contribution in [0.25, 0.3) is 11.0 Å². The zero-order valence-corrected chi connectivity index (χ0v) is 10.5. The SMILES string of the molecule is OC(Cn1cnc2ccccc21)c1c(F)cccc1F. The van der Waals surface area contributed by atoms with Gasteiger partial charge in [0, 0.05) is 0 Å². The van der Waals surface area contributed by atoms with Gasteiger partial charge in [-0.05, 0) is 24.3 Å². The average Bonchev–Trinajstić information content (AvgIpc) is 2.82. The van der Waals surface area contributed by atoms with Crippen molar-refractivity contribution < 1.29 is 13.9 Å². The third-order valence-electron chi connectivity index (χ3n) is 3.23. The standard InChI is InChI=1S/C15H12F2N2O/c16-10-4-3-5-11(17)15(10)14(20)8-19-9-18-12-6-1-2-7-13(12)19/h1-7,9,14,20H,8H2. The molecule has 1 atom stereocenters. The van der Waals surface area contributed by atoms with Gasteiger partial charge in [-0.25, -0.2) is 13.8 Å². The maximum Gasteiger partial charge on any atom is 0.132 e. The van der Waals surface area contributed by atoms with E-state index in [2.05, 4.69) is 4.98 Å². The lowest BCUT2D eigenvalue weighted by Gasteiger charge is -2.14. The summed E-state index contributed by atoms with van der Waals surface area (Å²) >= 11 is 0. The van der Waals surface area contributed by atoms with Gasteiger partial charge in [-0.1, -0.05) is 18.2 Å². The Kier molecular flexibility index (Phi) is 3.20. The molecule has 1 heterocycles. The number of halogens is 2. The number of hydrogen-bond acceptors (Lipinski definition) is 2. The van der Waals surface area contributed by atoms with E-state index in [1.807, 2.05) is 24.3 Å². The van der Waals surface area contributed by atoms with Crippen molar-refractivity contribution in [3.63, 3.8) is 0 Å².